The zero-order valence-corrected chi connectivity index (χ0v) is 11.5. The highest BCUT2D eigenvalue weighted by atomic mass is 35.5. The van der Waals surface area contributed by atoms with Gasteiger partial charge in [0, 0.05) is 5.56 Å². The summed E-state index contributed by atoms with van der Waals surface area (Å²) in [5, 5.41) is 4.65. The Labute approximate surface area is 120 Å². The Hall–Kier alpha value is -1.78. The number of carbonyl (C=O) groups is 1. The van der Waals surface area contributed by atoms with E-state index in [4.69, 9.17) is 27.6 Å². The zero-order chi connectivity index (χ0) is 13.8. The maximum Gasteiger partial charge on any atom is 0.274 e. The number of hydrogen-bond acceptors (Lipinski definition) is 3. The number of rotatable bonds is 3. The number of benzene rings is 1. The lowest BCUT2D eigenvalue weighted by Gasteiger charge is -2.00. The van der Waals surface area contributed by atoms with Crippen molar-refractivity contribution in [3.63, 3.8) is 0 Å². The first-order chi connectivity index (χ1) is 9.09. The molecule has 0 aliphatic carbocycles. The molecule has 0 radical (unpaired) electrons. The Kier molecular flexibility index (Phi) is 4.24. The van der Waals surface area contributed by atoms with Gasteiger partial charge < -0.3 is 4.42 Å². The van der Waals surface area contributed by atoms with Crippen LogP contribution >= 0.6 is 23.2 Å². The molecule has 0 fully saturated rings. The molecule has 1 heterocycles. The molecule has 0 unspecified atom stereocenters. The molecular formula is C13H10Cl2N2O2. The summed E-state index contributed by atoms with van der Waals surface area (Å²) in [6, 6.07) is 6.74. The van der Waals surface area contributed by atoms with Crippen molar-refractivity contribution < 1.29 is 9.21 Å². The Morgan fingerprint density at radius 1 is 1.37 bits per heavy atom. The monoisotopic (exact) mass is 296 g/mol. The summed E-state index contributed by atoms with van der Waals surface area (Å²) in [5.41, 5.74) is 3.45. The highest BCUT2D eigenvalue weighted by Crippen LogP contribution is 2.24. The summed E-state index contributed by atoms with van der Waals surface area (Å²) in [4.78, 5) is 11.7. The predicted molar refractivity (Wildman–Crippen MR) is 75.0 cm³/mol. The van der Waals surface area contributed by atoms with Gasteiger partial charge in [-0.05, 0) is 19.1 Å². The third kappa shape index (κ3) is 3.16. The molecule has 0 saturated heterocycles. The van der Waals surface area contributed by atoms with Gasteiger partial charge in [0.05, 0.1) is 28.1 Å². The number of halogens is 2. The van der Waals surface area contributed by atoms with Gasteiger partial charge in [-0.15, -0.1) is 0 Å². The van der Waals surface area contributed by atoms with Crippen LogP contribution in [0.4, 0.5) is 0 Å². The van der Waals surface area contributed by atoms with Crippen molar-refractivity contribution in [3.8, 4) is 0 Å². The van der Waals surface area contributed by atoms with Crippen LogP contribution in [0.25, 0.3) is 0 Å². The molecule has 19 heavy (non-hydrogen) atoms. The van der Waals surface area contributed by atoms with Gasteiger partial charge in [-0.25, -0.2) is 5.43 Å². The maximum atomic E-state index is 11.7. The normalized spacial score (nSPS) is 10.9. The van der Waals surface area contributed by atoms with Gasteiger partial charge in [0.2, 0.25) is 0 Å². The Bertz CT molecular complexity index is 635. The first-order valence-electron chi connectivity index (χ1n) is 5.41. The molecule has 0 aliphatic rings. The van der Waals surface area contributed by atoms with Crippen LogP contribution in [-0.4, -0.2) is 12.1 Å². The summed E-state index contributed by atoms with van der Waals surface area (Å²) in [6.45, 7) is 1.70. The minimum absolute atomic E-state index is 0.347. The van der Waals surface area contributed by atoms with Gasteiger partial charge in [-0.2, -0.15) is 5.10 Å². The standard InChI is InChI=1S/C13H10Cl2N2O2/c1-8-10(5-6-19-8)13(18)17-16-7-9-3-2-4-11(14)12(9)15/h2-7H,1H3,(H,17,18)/b16-7-. The van der Waals surface area contributed by atoms with Crippen molar-refractivity contribution in [3.05, 3.63) is 57.5 Å². The van der Waals surface area contributed by atoms with E-state index in [0.717, 1.165) is 0 Å². The van der Waals surface area contributed by atoms with Crippen LogP contribution in [0.2, 0.25) is 10.0 Å². The summed E-state index contributed by atoms with van der Waals surface area (Å²) in [6.07, 6.45) is 2.88. The second kappa shape index (κ2) is 5.91. The van der Waals surface area contributed by atoms with E-state index in [1.807, 2.05) is 0 Å². The van der Waals surface area contributed by atoms with Gasteiger partial charge in [0.15, 0.2) is 0 Å². The molecule has 6 heteroatoms. The minimum Gasteiger partial charge on any atom is -0.469 e. The van der Waals surface area contributed by atoms with Crippen LogP contribution < -0.4 is 5.43 Å². The van der Waals surface area contributed by atoms with Crippen LogP contribution in [0, 0.1) is 6.92 Å². The molecule has 1 amide bonds. The molecule has 0 atom stereocenters. The molecule has 2 rings (SSSR count). The van der Waals surface area contributed by atoms with Crippen LogP contribution in [-0.2, 0) is 0 Å². The molecule has 0 aliphatic heterocycles. The molecule has 4 nitrogen and oxygen atoms in total. The van der Waals surface area contributed by atoms with E-state index >= 15 is 0 Å². The van der Waals surface area contributed by atoms with Crippen LogP contribution in [0.3, 0.4) is 0 Å². The van der Waals surface area contributed by atoms with E-state index < -0.39 is 0 Å². The molecular weight excluding hydrogens is 287 g/mol. The first-order valence-corrected chi connectivity index (χ1v) is 6.16. The molecule has 1 aromatic carbocycles. The third-order valence-electron chi connectivity index (χ3n) is 2.45. The van der Waals surface area contributed by atoms with Crippen molar-refractivity contribution >= 4 is 35.3 Å². The Morgan fingerprint density at radius 3 is 2.84 bits per heavy atom. The minimum atomic E-state index is -0.347. The number of aryl methyl sites for hydroxylation is 1. The molecule has 0 bridgehead atoms. The van der Waals surface area contributed by atoms with E-state index in [2.05, 4.69) is 10.5 Å². The topological polar surface area (TPSA) is 54.6 Å². The summed E-state index contributed by atoms with van der Waals surface area (Å²) < 4.78 is 5.03. The number of nitrogens with one attached hydrogen (secondary N) is 1. The quantitative estimate of drug-likeness (QED) is 0.694. The van der Waals surface area contributed by atoms with Gasteiger partial charge in [0.25, 0.3) is 5.91 Å². The number of nitrogens with zero attached hydrogens (tertiary/aromatic N) is 1. The summed E-state index contributed by atoms with van der Waals surface area (Å²) in [5.74, 6) is 0.189. The van der Waals surface area contributed by atoms with Crippen LogP contribution in [0.15, 0.2) is 40.0 Å². The SMILES string of the molecule is Cc1occc1C(=O)N/N=C\c1cccc(Cl)c1Cl. The number of amides is 1. The second-order valence-corrected chi connectivity index (χ2v) is 4.52. The summed E-state index contributed by atoms with van der Waals surface area (Å²) in [7, 11) is 0. The van der Waals surface area contributed by atoms with E-state index in [1.54, 1.807) is 31.2 Å². The average molecular weight is 297 g/mol. The Morgan fingerprint density at radius 2 is 2.16 bits per heavy atom. The van der Waals surface area contributed by atoms with Crippen molar-refractivity contribution in [2.24, 2.45) is 5.10 Å². The average Bonchev–Trinajstić information content (AvgIpc) is 2.81. The zero-order valence-electron chi connectivity index (χ0n) is 9.98. The van der Waals surface area contributed by atoms with E-state index in [0.29, 0.717) is 26.9 Å². The number of furan rings is 1. The second-order valence-electron chi connectivity index (χ2n) is 3.73. The lowest BCUT2D eigenvalue weighted by Crippen LogP contribution is -2.17. The molecule has 1 N–H and O–H groups in total. The maximum absolute atomic E-state index is 11.7. The van der Waals surface area contributed by atoms with Crippen LogP contribution in [0.5, 0.6) is 0 Å². The number of hydrazone groups is 1. The molecule has 2 aromatic rings. The van der Waals surface area contributed by atoms with Crippen LogP contribution in [0.1, 0.15) is 21.7 Å². The largest absolute Gasteiger partial charge is 0.469 e. The fourth-order valence-corrected chi connectivity index (χ4v) is 1.82. The first kappa shape index (κ1) is 13.6. The number of hydrogen-bond donors (Lipinski definition) is 1. The molecule has 0 spiro atoms. The van der Waals surface area contributed by atoms with Gasteiger partial charge in [0.1, 0.15) is 5.76 Å². The van der Waals surface area contributed by atoms with Crippen molar-refractivity contribution in [2.75, 3.05) is 0 Å². The van der Waals surface area contributed by atoms with Crippen molar-refractivity contribution in [2.45, 2.75) is 6.92 Å². The van der Waals surface area contributed by atoms with E-state index in [-0.39, 0.29) is 5.91 Å². The van der Waals surface area contributed by atoms with Crippen molar-refractivity contribution in [1.82, 2.24) is 5.43 Å². The molecule has 0 saturated carbocycles. The van der Waals surface area contributed by atoms with Crippen molar-refractivity contribution in [1.29, 1.82) is 0 Å². The smallest absolute Gasteiger partial charge is 0.274 e. The fraction of sp³-hybridized carbons (Fsp3) is 0.0769. The predicted octanol–water partition coefficient (Wildman–Crippen LogP) is 3.66. The van der Waals surface area contributed by atoms with Gasteiger partial charge in [-0.3, -0.25) is 4.79 Å². The highest BCUT2D eigenvalue weighted by molar-refractivity contribution is 6.43. The van der Waals surface area contributed by atoms with E-state index in [1.165, 1.54) is 12.5 Å². The molecule has 1 aromatic heterocycles. The highest BCUT2D eigenvalue weighted by Gasteiger charge is 2.10. The molecule has 98 valence electrons. The lowest BCUT2D eigenvalue weighted by atomic mass is 10.2. The lowest BCUT2D eigenvalue weighted by molar-refractivity contribution is 0.0953. The third-order valence-corrected chi connectivity index (χ3v) is 3.29. The van der Waals surface area contributed by atoms with Gasteiger partial charge >= 0.3 is 0 Å². The van der Waals surface area contributed by atoms with Gasteiger partial charge in [-0.1, -0.05) is 35.3 Å². The fourth-order valence-electron chi connectivity index (χ4n) is 1.46. The van der Waals surface area contributed by atoms with E-state index in [9.17, 15) is 4.79 Å². The summed E-state index contributed by atoms with van der Waals surface area (Å²) >= 11 is 11.8. The number of carbonyl (C=O) groups excluding carboxylic acids is 1. The Balaban J connectivity index is 2.07.